The first-order valence-electron chi connectivity index (χ1n) is 5.11. The van der Waals surface area contributed by atoms with E-state index < -0.39 is 6.10 Å². The van der Waals surface area contributed by atoms with Crippen molar-refractivity contribution < 1.29 is 24.4 Å². The molecule has 5 heteroatoms. The highest BCUT2D eigenvalue weighted by molar-refractivity contribution is 5.51. The van der Waals surface area contributed by atoms with Crippen LogP contribution in [0.25, 0.3) is 0 Å². The average molecular weight is 250 g/mol. The Morgan fingerprint density at radius 3 is 2.44 bits per heavy atom. The fourth-order valence-corrected chi connectivity index (χ4v) is 1.30. The maximum Gasteiger partial charge on any atom is 0.298 e. The number of rotatable bonds is 7. The average Bonchev–Trinajstić information content (AvgIpc) is 2.32. The Morgan fingerprint density at radius 1 is 1.33 bits per heavy atom. The minimum Gasteiger partial charge on any atom is -0.455 e. The van der Waals surface area contributed by atoms with Gasteiger partial charge in [-0.3, -0.25) is 10.1 Å². The van der Waals surface area contributed by atoms with Crippen LogP contribution in [0.3, 0.4) is 0 Å². The minimum atomic E-state index is -0.853. The molecule has 96 valence electrons. The molecule has 1 aromatic carbocycles. The molecule has 0 aromatic heterocycles. The highest BCUT2D eigenvalue weighted by Gasteiger charge is 2.18. The monoisotopic (exact) mass is 250 g/mol. The Balaban J connectivity index is 2.87. The van der Waals surface area contributed by atoms with E-state index in [1.807, 2.05) is 0 Å². The van der Waals surface area contributed by atoms with Gasteiger partial charge >= 0.3 is 0 Å². The maximum atomic E-state index is 10.3. The number of carbonyl (C=O) groups is 1. The van der Waals surface area contributed by atoms with Gasteiger partial charge in [0.15, 0.2) is 17.6 Å². The smallest absolute Gasteiger partial charge is 0.298 e. The van der Waals surface area contributed by atoms with Gasteiger partial charge < -0.3 is 9.47 Å². The number of ether oxygens (including phenoxy) is 2. The summed E-state index contributed by atoms with van der Waals surface area (Å²) in [6, 6.07) is 6.55. The standard InChI is InChI=1S/C13H14O5/c1-9(2)13(18-15)10(3)17-12-7-5-4-6-11(12)16-8-14/h4-8,13,15H,1,3H2,2H3. The van der Waals surface area contributed by atoms with Gasteiger partial charge in [0.2, 0.25) is 0 Å². The van der Waals surface area contributed by atoms with Crippen molar-refractivity contribution in [3.63, 3.8) is 0 Å². The van der Waals surface area contributed by atoms with Crippen molar-refractivity contribution in [3.05, 3.63) is 48.8 Å². The zero-order valence-electron chi connectivity index (χ0n) is 9.96. The van der Waals surface area contributed by atoms with Crippen molar-refractivity contribution in [2.45, 2.75) is 13.0 Å². The molecule has 0 saturated heterocycles. The van der Waals surface area contributed by atoms with E-state index in [4.69, 9.17) is 14.7 Å². The fourth-order valence-electron chi connectivity index (χ4n) is 1.30. The number of hydrogen-bond donors (Lipinski definition) is 1. The molecular formula is C13H14O5. The van der Waals surface area contributed by atoms with E-state index in [1.54, 1.807) is 31.2 Å². The second-order valence-corrected chi connectivity index (χ2v) is 3.56. The number of hydrogen-bond acceptors (Lipinski definition) is 5. The first-order chi connectivity index (χ1) is 8.60. The van der Waals surface area contributed by atoms with Gasteiger partial charge in [0.25, 0.3) is 6.47 Å². The second-order valence-electron chi connectivity index (χ2n) is 3.56. The summed E-state index contributed by atoms with van der Waals surface area (Å²) in [5.41, 5.74) is 0.524. The largest absolute Gasteiger partial charge is 0.455 e. The molecule has 0 aliphatic rings. The summed E-state index contributed by atoms with van der Waals surface area (Å²) >= 11 is 0. The van der Waals surface area contributed by atoms with Gasteiger partial charge in [-0.25, -0.2) is 4.89 Å². The van der Waals surface area contributed by atoms with Crippen LogP contribution < -0.4 is 9.47 Å². The normalized spacial score (nSPS) is 11.4. The van der Waals surface area contributed by atoms with Crippen LogP contribution in [0.2, 0.25) is 0 Å². The Morgan fingerprint density at radius 2 is 1.94 bits per heavy atom. The molecule has 0 aliphatic carbocycles. The molecule has 1 rings (SSSR count). The summed E-state index contributed by atoms with van der Waals surface area (Å²) < 4.78 is 10.1. The van der Waals surface area contributed by atoms with E-state index >= 15 is 0 Å². The molecule has 1 N–H and O–H groups in total. The molecule has 1 unspecified atom stereocenters. The van der Waals surface area contributed by atoms with Crippen LogP contribution in [0.15, 0.2) is 48.8 Å². The van der Waals surface area contributed by atoms with E-state index in [9.17, 15) is 4.79 Å². The van der Waals surface area contributed by atoms with Crippen molar-refractivity contribution in [2.24, 2.45) is 0 Å². The van der Waals surface area contributed by atoms with Crippen LogP contribution in [0.1, 0.15) is 6.92 Å². The fraction of sp³-hybridized carbons (Fsp3) is 0.154. The SMILES string of the molecule is C=C(C)C(OO)C(=C)Oc1ccccc1OC=O. The quantitative estimate of drug-likeness (QED) is 0.265. The molecule has 0 radical (unpaired) electrons. The van der Waals surface area contributed by atoms with Gasteiger partial charge in [-0.15, -0.1) is 0 Å². The topological polar surface area (TPSA) is 65.0 Å². The van der Waals surface area contributed by atoms with Crippen LogP contribution in [0.5, 0.6) is 11.5 Å². The molecule has 0 aliphatic heterocycles. The van der Waals surface area contributed by atoms with Crippen molar-refractivity contribution in [3.8, 4) is 11.5 Å². The molecule has 0 fully saturated rings. The highest BCUT2D eigenvalue weighted by atomic mass is 17.1. The molecule has 1 atom stereocenters. The molecule has 0 heterocycles. The van der Waals surface area contributed by atoms with E-state index in [1.165, 1.54) is 0 Å². The Kier molecular flexibility index (Phi) is 5.10. The molecule has 5 nitrogen and oxygen atoms in total. The first kappa shape index (κ1) is 14.0. The van der Waals surface area contributed by atoms with E-state index in [2.05, 4.69) is 18.0 Å². The van der Waals surface area contributed by atoms with E-state index in [-0.39, 0.29) is 17.3 Å². The number of para-hydroxylation sites is 2. The third-order valence-electron chi connectivity index (χ3n) is 2.11. The minimum absolute atomic E-state index is 0.131. The lowest BCUT2D eigenvalue weighted by Gasteiger charge is -2.17. The summed E-state index contributed by atoms with van der Waals surface area (Å²) in [7, 11) is 0. The molecule has 0 spiro atoms. The third-order valence-corrected chi connectivity index (χ3v) is 2.11. The zero-order chi connectivity index (χ0) is 13.5. The maximum absolute atomic E-state index is 10.3. The molecule has 18 heavy (non-hydrogen) atoms. The van der Waals surface area contributed by atoms with Crippen LogP contribution in [0.4, 0.5) is 0 Å². The van der Waals surface area contributed by atoms with Crippen molar-refractivity contribution in [1.82, 2.24) is 0 Å². The summed E-state index contributed by atoms with van der Waals surface area (Å²) in [5.74, 6) is 0.664. The van der Waals surface area contributed by atoms with Gasteiger partial charge in [0.1, 0.15) is 5.76 Å². The summed E-state index contributed by atoms with van der Waals surface area (Å²) in [4.78, 5) is 14.5. The highest BCUT2D eigenvalue weighted by Crippen LogP contribution is 2.29. The lowest BCUT2D eigenvalue weighted by molar-refractivity contribution is -0.263. The Bertz CT molecular complexity index is 452. The number of benzene rings is 1. The zero-order valence-corrected chi connectivity index (χ0v) is 9.96. The number of carbonyl (C=O) groups excluding carboxylic acids is 1. The molecule has 1 aromatic rings. The molecular weight excluding hydrogens is 236 g/mol. The lowest BCUT2D eigenvalue weighted by Crippen LogP contribution is -2.18. The van der Waals surface area contributed by atoms with Gasteiger partial charge in [-0.05, 0) is 24.6 Å². The predicted octanol–water partition coefficient (Wildman–Crippen LogP) is 2.55. The van der Waals surface area contributed by atoms with Crippen LogP contribution >= 0.6 is 0 Å². The van der Waals surface area contributed by atoms with Gasteiger partial charge in [-0.2, -0.15) is 0 Å². The van der Waals surface area contributed by atoms with E-state index in [0.29, 0.717) is 12.0 Å². The van der Waals surface area contributed by atoms with Crippen molar-refractivity contribution >= 4 is 6.47 Å². The molecule has 0 bridgehead atoms. The third kappa shape index (κ3) is 3.44. The predicted molar refractivity (Wildman–Crippen MR) is 65.2 cm³/mol. The summed E-state index contributed by atoms with van der Waals surface area (Å²) in [6.45, 7) is 9.22. The lowest BCUT2D eigenvalue weighted by atomic mass is 10.2. The summed E-state index contributed by atoms with van der Waals surface area (Å²) in [5, 5.41) is 8.73. The Hall–Kier alpha value is -2.11. The molecule has 0 amide bonds. The van der Waals surface area contributed by atoms with Gasteiger partial charge in [0, 0.05) is 0 Å². The van der Waals surface area contributed by atoms with Crippen LogP contribution in [0, 0.1) is 0 Å². The van der Waals surface area contributed by atoms with Gasteiger partial charge in [0.05, 0.1) is 0 Å². The first-order valence-corrected chi connectivity index (χ1v) is 5.11. The summed E-state index contributed by atoms with van der Waals surface area (Å²) in [6.07, 6.45) is -0.853. The van der Waals surface area contributed by atoms with Crippen molar-refractivity contribution in [2.75, 3.05) is 0 Å². The molecule has 0 saturated carbocycles. The van der Waals surface area contributed by atoms with E-state index in [0.717, 1.165) is 0 Å². The Labute approximate surface area is 105 Å². The van der Waals surface area contributed by atoms with Crippen LogP contribution in [-0.4, -0.2) is 17.8 Å². The van der Waals surface area contributed by atoms with Crippen LogP contribution in [-0.2, 0) is 9.68 Å². The van der Waals surface area contributed by atoms with Crippen molar-refractivity contribution in [1.29, 1.82) is 0 Å². The second kappa shape index (κ2) is 6.58. The van der Waals surface area contributed by atoms with Gasteiger partial charge in [-0.1, -0.05) is 25.3 Å².